The van der Waals surface area contributed by atoms with Crippen molar-refractivity contribution in [2.45, 2.75) is 78.1 Å². The molecule has 0 saturated carbocycles. The van der Waals surface area contributed by atoms with E-state index in [1.807, 2.05) is 13.0 Å². The second kappa shape index (κ2) is 9.16. The van der Waals surface area contributed by atoms with E-state index in [2.05, 4.69) is 26.8 Å². The Hall–Kier alpha value is -1.46. The minimum Gasteiger partial charge on any atom is -0.465 e. The van der Waals surface area contributed by atoms with E-state index >= 15 is 0 Å². The average molecular weight is 379 g/mol. The summed E-state index contributed by atoms with van der Waals surface area (Å²) in [5.74, 6) is -0.683. The van der Waals surface area contributed by atoms with Crippen molar-refractivity contribution < 1.29 is 24.2 Å². The molecule has 0 aromatic rings. The van der Waals surface area contributed by atoms with Gasteiger partial charge in [0.2, 0.25) is 0 Å². The lowest BCUT2D eigenvalue weighted by Crippen LogP contribution is -2.39. The third kappa shape index (κ3) is 5.76. The van der Waals surface area contributed by atoms with Crippen molar-refractivity contribution in [2.24, 2.45) is 17.8 Å². The molecule has 2 rings (SSSR count). The highest BCUT2D eigenvalue weighted by Gasteiger charge is 2.54. The highest BCUT2D eigenvalue weighted by Crippen LogP contribution is 2.47. The van der Waals surface area contributed by atoms with Crippen LogP contribution in [-0.2, 0) is 19.1 Å². The Kier molecular flexibility index (Phi) is 7.40. The number of carbonyl (C=O) groups is 2. The van der Waals surface area contributed by atoms with Crippen LogP contribution in [0.2, 0.25) is 0 Å². The molecule has 6 atom stereocenters. The number of ether oxygens (including phenoxy) is 2. The minimum absolute atomic E-state index is 0.0382. The van der Waals surface area contributed by atoms with Crippen LogP contribution < -0.4 is 0 Å². The van der Waals surface area contributed by atoms with Gasteiger partial charge in [0, 0.05) is 19.3 Å². The fraction of sp³-hybridized carbons (Fsp3) is 0.727. The zero-order valence-electron chi connectivity index (χ0n) is 17.2. The first kappa shape index (κ1) is 21.8. The summed E-state index contributed by atoms with van der Waals surface area (Å²) in [7, 11) is 0. The van der Waals surface area contributed by atoms with Crippen LogP contribution in [0.4, 0.5) is 0 Å². The van der Waals surface area contributed by atoms with Crippen LogP contribution in [0.25, 0.3) is 0 Å². The summed E-state index contributed by atoms with van der Waals surface area (Å²) < 4.78 is 11.1. The van der Waals surface area contributed by atoms with Gasteiger partial charge in [0.05, 0.1) is 24.4 Å². The molecule has 1 saturated heterocycles. The monoisotopic (exact) mass is 378 g/mol. The summed E-state index contributed by atoms with van der Waals surface area (Å²) in [6.07, 6.45) is 7.36. The highest BCUT2D eigenvalue weighted by atomic mass is 16.6. The smallest absolute Gasteiger partial charge is 0.302 e. The summed E-state index contributed by atoms with van der Waals surface area (Å²) >= 11 is 0. The third-order valence-electron chi connectivity index (χ3n) is 5.99. The van der Waals surface area contributed by atoms with Crippen molar-refractivity contribution in [1.29, 1.82) is 0 Å². The fourth-order valence-corrected chi connectivity index (χ4v) is 4.36. The molecule has 0 bridgehead atoms. The highest BCUT2D eigenvalue weighted by molar-refractivity contribution is 5.74. The van der Waals surface area contributed by atoms with Crippen LogP contribution in [0.5, 0.6) is 0 Å². The molecule has 0 radical (unpaired) electrons. The first-order chi connectivity index (χ1) is 12.7. The predicted molar refractivity (Wildman–Crippen MR) is 104 cm³/mol. The maximum atomic E-state index is 11.8. The Morgan fingerprint density at radius 2 is 2.15 bits per heavy atom. The fourth-order valence-electron chi connectivity index (χ4n) is 4.36. The van der Waals surface area contributed by atoms with Crippen LogP contribution in [0.1, 0.15) is 60.3 Å². The number of allylic oxidation sites excluding steroid dienone is 2. The summed E-state index contributed by atoms with van der Waals surface area (Å²) in [5, 5.41) is 11.1. The van der Waals surface area contributed by atoms with Crippen molar-refractivity contribution in [3.05, 3.63) is 23.3 Å². The number of aliphatic hydroxyl groups excluding tert-OH is 1. The lowest BCUT2D eigenvalue weighted by atomic mass is 9.72. The van der Waals surface area contributed by atoms with Gasteiger partial charge in [0.15, 0.2) is 0 Å². The minimum atomic E-state index is -0.622. The number of aldehydes is 1. The van der Waals surface area contributed by atoms with Crippen molar-refractivity contribution in [3.8, 4) is 0 Å². The lowest BCUT2D eigenvalue weighted by molar-refractivity contribution is -0.143. The van der Waals surface area contributed by atoms with Crippen molar-refractivity contribution >= 4 is 12.3 Å². The van der Waals surface area contributed by atoms with Crippen LogP contribution in [-0.4, -0.2) is 41.8 Å². The van der Waals surface area contributed by atoms with Crippen LogP contribution in [0.15, 0.2) is 23.3 Å². The van der Waals surface area contributed by atoms with E-state index in [-0.39, 0.29) is 42.0 Å². The first-order valence-electron chi connectivity index (χ1n) is 9.95. The van der Waals surface area contributed by atoms with Gasteiger partial charge in [-0.2, -0.15) is 0 Å². The van der Waals surface area contributed by atoms with E-state index in [9.17, 15) is 14.7 Å². The van der Waals surface area contributed by atoms with Gasteiger partial charge in [-0.3, -0.25) is 9.59 Å². The summed E-state index contributed by atoms with van der Waals surface area (Å²) in [4.78, 5) is 23.2. The molecule has 0 aromatic heterocycles. The van der Waals surface area contributed by atoms with Gasteiger partial charge in [-0.15, -0.1) is 0 Å². The van der Waals surface area contributed by atoms with Gasteiger partial charge < -0.3 is 14.6 Å². The quantitative estimate of drug-likeness (QED) is 0.317. The standard InChI is InChI=1S/C22H34O5/c1-14(2)7-6-8-15(3)21-18(13-26-16(4)24)17(12-23)9-10-20-22(5,27-20)11-19(21)25/h7,9,12,15,18-21,25H,6,8,10-11,13H2,1-5H3/b17-9-/t15-,18-,19-,20+,21+,22-/m1/s1. The number of rotatable bonds is 7. The van der Waals surface area contributed by atoms with Crippen molar-refractivity contribution in [3.63, 3.8) is 0 Å². The number of hydrogen-bond donors (Lipinski definition) is 1. The predicted octanol–water partition coefficient (Wildman–Crippen LogP) is 3.60. The Morgan fingerprint density at radius 1 is 1.44 bits per heavy atom. The molecule has 1 aliphatic heterocycles. The second-order valence-electron chi connectivity index (χ2n) is 8.57. The zero-order valence-corrected chi connectivity index (χ0v) is 17.2. The first-order valence-corrected chi connectivity index (χ1v) is 9.95. The maximum Gasteiger partial charge on any atom is 0.302 e. The third-order valence-corrected chi connectivity index (χ3v) is 5.99. The number of fused-ring (bicyclic) bond motifs is 1. The summed E-state index contributed by atoms with van der Waals surface area (Å²) in [6, 6.07) is 0. The molecule has 1 N–H and O–H groups in total. The van der Waals surface area contributed by atoms with E-state index in [1.54, 1.807) is 0 Å². The molecule has 0 amide bonds. The van der Waals surface area contributed by atoms with E-state index in [1.165, 1.54) is 12.5 Å². The molecule has 0 aromatic carbocycles. The Balaban J connectivity index is 2.30. The van der Waals surface area contributed by atoms with E-state index in [4.69, 9.17) is 9.47 Å². The molecule has 0 unspecified atom stereocenters. The largest absolute Gasteiger partial charge is 0.465 e. The van der Waals surface area contributed by atoms with Gasteiger partial charge >= 0.3 is 5.97 Å². The average Bonchev–Trinajstić information content (AvgIpc) is 3.20. The SMILES string of the molecule is CC(=O)OC[C@@H]1/C(C=O)=C\C[C@@H]2O[C@]2(C)C[C@@H](O)[C@H]1[C@H](C)CCC=C(C)C. The number of hydrogen-bond acceptors (Lipinski definition) is 5. The molecule has 1 heterocycles. The molecule has 1 aliphatic carbocycles. The van der Waals surface area contributed by atoms with Gasteiger partial charge in [-0.1, -0.05) is 24.6 Å². The number of aliphatic hydroxyl groups is 1. The Morgan fingerprint density at radius 3 is 2.74 bits per heavy atom. The molecular weight excluding hydrogens is 344 g/mol. The van der Waals surface area contributed by atoms with E-state index in [0.717, 1.165) is 19.1 Å². The summed E-state index contributed by atoms with van der Waals surface area (Å²) in [5.41, 5.74) is 1.54. The maximum absolute atomic E-state index is 11.8. The molecule has 2 aliphatic rings. The lowest BCUT2D eigenvalue weighted by Gasteiger charge is -2.36. The normalized spacial score (nSPS) is 36.0. The van der Waals surface area contributed by atoms with E-state index < -0.39 is 6.10 Å². The molecule has 5 nitrogen and oxygen atoms in total. The molecule has 5 heteroatoms. The van der Waals surface area contributed by atoms with E-state index in [0.29, 0.717) is 18.4 Å². The number of epoxide rings is 1. The van der Waals surface area contributed by atoms with Crippen LogP contribution in [0.3, 0.4) is 0 Å². The topological polar surface area (TPSA) is 76.1 Å². The number of esters is 1. The number of carbonyl (C=O) groups excluding carboxylic acids is 2. The van der Waals surface area contributed by atoms with Crippen LogP contribution >= 0.6 is 0 Å². The Bertz CT molecular complexity index is 604. The molecule has 152 valence electrons. The van der Waals surface area contributed by atoms with Crippen LogP contribution in [0, 0.1) is 17.8 Å². The van der Waals surface area contributed by atoms with Crippen molar-refractivity contribution in [2.75, 3.05) is 6.61 Å². The van der Waals surface area contributed by atoms with Gasteiger partial charge in [-0.05, 0) is 57.4 Å². The molecule has 1 fully saturated rings. The zero-order chi connectivity index (χ0) is 20.2. The van der Waals surface area contributed by atoms with Crippen molar-refractivity contribution in [1.82, 2.24) is 0 Å². The molecule has 0 spiro atoms. The molecular formula is C22H34O5. The molecule has 27 heavy (non-hydrogen) atoms. The Labute approximate surface area is 162 Å². The van der Waals surface area contributed by atoms with Gasteiger partial charge in [0.1, 0.15) is 6.29 Å². The second-order valence-corrected chi connectivity index (χ2v) is 8.57. The van der Waals surface area contributed by atoms with Gasteiger partial charge in [-0.25, -0.2) is 0 Å². The van der Waals surface area contributed by atoms with Gasteiger partial charge in [0.25, 0.3) is 0 Å². The summed E-state index contributed by atoms with van der Waals surface area (Å²) in [6.45, 7) is 9.77.